The molecule has 0 amide bonds. The first kappa shape index (κ1) is 10.8. The molecule has 1 aromatic rings. The molecule has 0 spiro atoms. The van der Waals surface area contributed by atoms with Gasteiger partial charge in [-0.1, -0.05) is 15.9 Å². The summed E-state index contributed by atoms with van der Waals surface area (Å²) in [6.45, 7) is 0. The van der Waals surface area contributed by atoms with Gasteiger partial charge in [0.05, 0.1) is 19.8 Å². The minimum Gasteiger partial charge on any atom is -0.493 e. The summed E-state index contributed by atoms with van der Waals surface area (Å²) in [4.78, 5) is 0. The van der Waals surface area contributed by atoms with Crippen LogP contribution < -0.4 is 9.47 Å². The van der Waals surface area contributed by atoms with E-state index in [1.807, 2.05) is 12.1 Å². The minimum absolute atomic E-state index is 0.649. The first-order valence-electron chi connectivity index (χ1n) is 4.75. The van der Waals surface area contributed by atoms with Crippen LogP contribution in [-0.2, 0) is 5.60 Å². The van der Waals surface area contributed by atoms with E-state index in [4.69, 9.17) is 9.47 Å². The van der Waals surface area contributed by atoms with Crippen molar-refractivity contribution >= 4 is 15.9 Å². The lowest BCUT2D eigenvalue weighted by atomic mass is 10.1. The van der Waals surface area contributed by atoms with E-state index >= 15 is 0 Å². The van der Waals surface area contributed by atoms with Gasteiger partial charge in [-0.25, -0.2) is 0 Å². The number of methoxy groups -OCH3 is 2. The van der Waals surface area contributed by atoms with E-state index in [2.05, 4.69) is 15.9 Å². The molecule has 0 aliphatic heterocycles. The van der Waals surface area contributed by atoms with E-state index < -0.39 is 5.60 Å². The number of aliphatic hydroxyl groups is 1. The van der Waals surface area contributed by atoms with Gasteiger partial charge in [0.15, 0.2) is 11.5 Å². The number of ether oxygens (including phenoxy) is 2. The second kappa shape index (κ2) is 3.68. The summed E-state index contributed by atoms with van der Waals surface area (Å²) < 4.78 is 11.2. The molecular formula is C11H13BrO3. The molecule has 0 heterocycles. The molecule has 1 aromatic carbocycles. The third kappa shape index (κ3) is 1.84. The first-order chi connectivity index (χ1) is 7.10. The third-order valence-electron chi connectivity index (χ3n) is 2.70. The lowest BCUT2D eigenvalue weighted by Gasteiger charge is -2.15. The van der Waals surface area contributed by atoms with Gasteiger partial charge in [-0.3, -0.25) is 0 Å². The molecule has 0 atom stereocenters. The van der Waals surface area contributed by atoms with Crippen LogP contribution in [0.15, 0.2) is 16.6 Å². The van der Waals surface area contributed by atoms with Crippen molar-refractivity contribution in [3.63, 3.8) is 0 Å². The van der Waals surface area contributed by atoms with Crippen molar-refractivity contribution in [2.24, 2.45) is 0 Å². The number of rotatable bonds is 3. The Morgan fingerprint density at radius 3 is 2.20 bits per heavy atom. The quantitative estimate of drug-likeness (QED) is 0.919. The van der Waals surface area contributed by atoms with Gasteiger partial charge in [0.1, 0.15) is 0 Å². The molecule has 1 aliphatic carbocycles. The molecule has 0 bridgehead atoms. The van der Waals surface area contributed by atoms with Crippen LogP contribution in [0, 0.1) is 0 Å². The molecule has 4 heteroatoms. The van der Waals surface area contributed by atoms with Gasteiger partial charge >= 0.3 is 0 Å². The second-order valence-electron chi connectivity index (χ2n) is 3.72. The average Bonchev–Trinajstić information content (AvgIpc) is 2.96. The predicted octanol–water partition coefficient (Wildman–Crippen LogP) is 2.45. The zero-order valence-electron chi connectivity index (χ0n) is 8.71. The molecule has 0 unspecified atom stereocenters. The molecule has 0 radical (unpaired) electrons. The maximum Gasteiger partial charge on any atom is 0.161 e. The monoisotopic (exact) mass is 272 g/mol. The summed E-state index contributed by atoms with van der Waals surface area (Å²) in [6.07, 6.45) is 1.61. The van der Waals surface area contributed by atoms with Crippen LogP contribution in [-0.4, -0.2) is 19.3 Å². The van der Waals surface area contributed by atoms with Crippen molar-refractivity contribution in [2.75, 3.05) is 14.2 Å². The number of hydrogen-bond donors (Lipinski definition) is 1. The highest BCUT2D eigenvalue weighted by molar-refractivity contribution is 9.10. The Morgan fingerprint density at radius 2 is 1.73 bits per heavy atom. The van der Waals surface area contributed by atoms with E-state index in [1.54, 1.807) is 14.2 Å². The van der Waals surface area contributed by atoms with Gasteiger partial charge in [0.2, 0.25) is 0 Å². The summed E-state index contributed by atoms with van der Waals surface area (Å²) >= 11 is 3.43. The highest BCUT2D eigenvalue weighted by atomic mass is 79.9. The van der Waals surface area contributed by atoms with E-state index in [1.165, 1.54) is 0 Å². The number of hydrogen-bond acceptors (Lipinski definition) is 3. The summed E-state index contributed by atoms with van der Waals surface area (Å²) in [5.74, 6) is 1.31. The number of benzene rings is 1. The first-order valence-corrected chi connectivity index (χ1v) is 5.54. The molecular weight excluding hydrogens is 260 g/mol. The highest BCUT2D eigenvalue weighted by Gasteiger charge is 2.44. The molecule has 0 saturated heterocycles. The van der Waals surface area contributed by atoms with Gasteiger partial charge in [0, 0.05) is 10.0 Å². The SMILES string of the molecule is COc1cc(Br)c(C2(O)CC2)cc1OC. The molecule has 1 saturated carbocycles. The van der Waals surface area contributed by atoms with Gasteiger partial charge in [-0.2, -0.15) is 0 Å². The van der Waals surface area contributed by atoms with E-state index in [-0.39, 0.29) is 0 Å². The maximum atomic E-state index is 10.0. The van der Waals surface area contributed by atoms with Crippen LogP contribution in [0.2, 0.25) is 0 Å². The predicted molar refractivity (Wildman–Crippen MR) is 60.4 cm³/mol. The molecule has 1 aliphatic rings. The van der Waals surface area contributed by atoms with Crippen molar-refractivity contribution in [1.29, 1.82) is 0 Å². The van der Waals surface area contributed by atoms with Crippen LogP contribution in [0.25, 0.3) is 0 Å². The molecule has 3 nitrogen and oxygen atoms in total. The Morgan fingerprint density at radius 1 is 1.20 bits per heavy atom. The minimum atomic E-state index is -0.668. The Bertz CT molecular complexity index is 386. The molecule has 82 valence electrons. The van der Waals surface area contributed by atoms with Crippen LogP contribution in [0.4, 0.5) is 0 Å². The van der Waals surface area contributed by atoms with Crippen LogP contribution in [0.5, 0.6) is 11.5 Å². The van der Waals surface area contributed by atoms with Crippen molar-refractivity contribution in [1.82, 2.24) is 0 Å². The van der Waals surface area contributed by atoms with Crippen molar-refractivity contribution in [2.45, 2.75) is 18.4 Å². The van der Waals surface area contributed by atoms with Crippen LogP contribution in [0.1, 0.15) is 18.4 Å². The maximum absolute atomic E-state index is 10.0. The van der Waals surface area contributed by atoms with Gasteiger partial charge in [-0.05, 0) is 25.0 Å². The summed E-state index contributed by atoms with van der Waals surface area (Å²) in [5, 5.41) is 10.0. The molecule has 2 rings (SSSR count). The lowest BCUT2D eigenvalue weighted by molar-refractivity contribution is 0.150. The Balaban J connectivity index is 2.48. The van der Waals surface area contributed by atoms with E-state index in [9.17, 15) is 5.11 Å². The summed E-state index contributed by atoms with van der Waals surface area (Å²) in [6, 6.07) is 3.65. The fourth-order valence-electron chi connectivity index (χ4n) is 1.60. The standard InChI is InChI=1S/C11H13BrO3/c1-14-9-5-7(11(13)3-4-11)8(12)6-10(9)15-2/h5-6,13H,3-4H2,1-2H3. The van der Waals surface area contributed by atoms with Crippen LogP contribution in [0.3, 0.4) is 0 Å². The zero-order chi connectivity index (χ0) is 11.1. The third-order valence-corrected chi connectivity index (χ3v) is 3.35. The van der Waals surface area contributed by atoms with Gasteiger partial charge < -0.3 is 14.6 Å². The molecule has 0 aromatic heterocycles. The average molecular weight is 273 g/mol. The highest BCUT2D eigenvalue weighted by Crippen LogP contribution is 2.50. The van der Waals surface area contributed by atoms with Gasteiger partial charge in [-0.15, -0.1) is 0 Å². The largest absolute Gasteiger partial charge is 0.493 e. The van der Waals surface area contributed by atoms with E-state index in [0.717, 1.165) is 22.9 Å². The molecule has 1 N–H and O–H groups in total. The lowest BCUT2D eigenvalue weighted by Crippen LogP contribution is -2.06. The second-order valence-corrected chi connectivity index (χ2v) is 4.57. The van der Waals surface area contributed by atoms with E-state index in [0.29, 0.717) is 11.5 Å². The number of halogens is 1. The molecule has 15 heavy (non-hydrogen) atoms. The fourth-order valence-corrected chi connectivity index (χ4v) is 2.29. The molecule has 1 fully saturated rings. The topological polar surface area (TPSA) is 38.7 Å². The normalized spacial score (nSPS) is 17.3. The van der Waals surface area contributed by atoms with Crippen molar-refractivity contribution in [3.05, 3.63) is 22.2 Å². The smallest absolute Gasteiger partial charge is 0.161 e. The Kier molecular flexibility index (Phi) is 2.64. The fraction of sp³-hybridized carbons (Fsp3) is 0.455. The van der Waals surface area contributed by atoms with Crippen molar-refractivity contribution < 1.29 is 14.6 Å². The van der Waals surface area contributed by atoms with Crippen molar-refractivity contribution in [3.8, 4) is 11.5 Å². The summed E-state index contributed by atoms with van der Waals surface area (Å²) in [7, 11) is 3.18. The van der Waals surface area contributed by atoms with Gasteiger partial charge in [0.25, 0.3) is 0 Å². The van der Waals surface area contributed by atoms with Crippen LogP contribution >= 0.6 is 15.9 Å². The zero-order valence-corrected chi connectivity index (χ0v) is 10.3. The Labute approximate surface area is 97.1 Å². The Hall–Kier alpha value is -0.740. The summed E-state index contributed by atoms with van der Waals surface area (Å²) in [5.41, 5.74) is 0.207.